The molecule has 9 heteroatoms. The summed E-state index contributed by atoms with van der Waals surface area (Å²) in [6.45, 7) is -0.355. The number of sulfone groups is 1. The molecule has 128 valence electrons. The Morgan fingerprint density at radius 3 is 2.75 bits per heavy atom. The molecule has 2 N–H and O–H groups in total. The summed E-state index contributed by atoms with van der Waals surface area (Å²) >= 11 is 0. The minimum atomic E-state index is -3.33. The lowest BCUT2D eigenvalue weighted by Crippen LogP contribution is -2.44. The first-order valence-electron chi connectivity index (χ1n) is 7.17. The van der Waals surface area contributed by atoms with E-state index in [0.29, 0.717) is 16.7 Å². The first kappa shape index (κ1) is 16.5. The largest absolute Gasteiger partial charge is 0.484 e. The van der Waals surface area contributed by atoms with Crippen LogP contribution in [0.4, 0.5) is 0 Å². The van der Waals surface area contributed by atoms with Crippen LogP contribution in [0.2, 0.25) is 0 Å². The number of carbonyl (C=O) groups is 1. The second kappa shape index (κ2) is 6.25. The van der Waals surface area contributed by atoms with Crippen LogP contribution in [-0.4, -0.2) is 49.7 Å². The van der Waals surface area contributed by atoms with Crippen LogP contribution in [0.15, 0.2) is 39.5 Å². The van der Waals surface area contributed by atoms with Crippen LogP contribution in [0.25, 0.3) is 11.0 Å². The average Bonchev–Trinajstić information content (AvgIpc) is 2.76. The van der Waals surface area contributed by atoms with Crippen LogP contribution in [0.1, 0.15) is 0 Å². The van der Waals surface area contributed by atoms with Crippen molar-refractivity contribution >= 4 is 26.7 Å². The Bertz CT molecular complexity index is 934. The van der Waals surface area contributed by atoms with Gasteiger partial charge in [-0.1, -0.05) is 0 Å². The molecule has 0 radical (unpaired) electrons. The molecular weight excluding hydrogens is 338 g/mol. The van der Waals surface area contributed by atoms with Crippen molar-refractivity contribution in [1.29, 1.82) is 0 Å². The summed E-state index contributed by atoms with van der Waals surface area (Å²) in [5.74, 6) is -0.874. The molecule has 1 aromatic heterocycles. The quantitative estimate of drug-likeness (QED) is 0.707. The van der Waals surface area contributed by atoms with E-state index in [0.717, 1.165) is 0 Å². The molecule has 1 fully saturated rings. The number of rotatable bonds is 4. The minimum absolute atomic E-state index is 0.291. The Hall–Kier alpha value is -2.39. The fourth-order valence-corrected chi connectivity index (χ4v) is 4.24. The van der Waals surface area contributed by atoms with Crippen molar-refractivity contribution in [2.75, 3.05) is 18.1 Å². The van der Waals surface area contributed by atoms with Gasteiger partial charge in [0.05, 0.1) is 23.7 Å². The van der Waals surface area contributed by atoms with E-state index < -0.39 is 33.5 Å². The first-order chi connectivity index (χ1) is 11.3. The van der Waals surface area contributed by atoms with Gasteiger partial charge in [-0.15, -0.1) is 0 Å². The van der Waals surface area contributed by atoms with Crippen LogP contribution < -0.4 is 15.7 Å². The highest BCUT2D eigenvalue weighted by molar-refractivity contribution is 7.91. The van der Waals surface area contributed by atoms with Crippen LogP contribution in [0.5, 0.6) is 5.75 Å². The molecule has 1 aliphatic heterocycles. The summed E-state index contributed by atoms with van der Waals surface area (Å²) in [5.41, 5.74) is -0.161. The molecule has 0 bridgehead atoms. The van der Waals surface area contributed by atoms with Gasteiger partial charge in [-0.2, -0.15) is 0 Å². The predicted octanol–water partition coefficient (Wildman–Crippen LogP) is -0.554. The zero-order valence-electron chi connectivity index (χ0n) is 12.5. The highest BCUT2D eigenvalue weighted by Crippen LogP contribution is 2.19. The van der Waals surface area contributed by atoms with Gasteiger partial charge in [0.1, 0.15) is 11.3 Å². The highest BCUT2D eigenvalue weighted by atomic mass is 32.2. The third-order valence-electron chi connectivity index (χ3n) is 3.63. The summed E-state index contributed by atoms with van der Waals surface area (Å²) in [7, 11) is -3.33. The fraction of sp³-hybridized carbons (Fsp3) is 0.333. The van der Waals surface area contributed by atoms with Gasteiger partial charge in [-0.25, -0.2) is 13.2 Å². The number of nitrogens with one attached hydrogen (secondary N) is 1. The summed E-state index contributed by atoms with van der Waals surface area (Å²) < 4.78 is 33.1. The maximum absolute atomic E-state index is 11.8. The summed E-state index contributed by atoms with van der Waals surface area (Å²) in [5, 5.41) is 12.8. The first-order valence-corrected chi connectivity index (χ1v) is 8.99. The van der Waals surface area contributed by atoms with E-state index in [1.54, 1.807) is 18.2 Å². The lowest BCUT2D eigenvalue weighted by Gasteiger charge is -2.15. The molecular formula is C15H15NO7S. The van der Waals surface area contributed by atoms with Crippen molar-refractivity contribution in [2.24, 2.45) is 0 Å². The molecule has 1 aliphatic rings. The molecule has 1 aromatic carbocycles. The van der Waals surface area contributed by atoms with Gasteiger partial charge in [0, 0.05) is 17.5 Å². The number of amides is 1. The van der Waals surface area contributed by atoms with Gasteiger partial charge in [0.15, 0.2) is 16.4 Å². The second-order valence-electron chi connectivity index (χ2n) is 5.56. The Morgan fingerprint density at radius 1 is 1.29 bits per heavy atom. The zero-order valence-corrected chi connectivity index (χ0v) is 13.3. The number of aliphatic hydroxyl groups excluding tert-OH is 1. The lowest BCUT2D eigenvalue weighted by molar-refractivity contribution is -0.124. The minimum Gasteiger partial charge on any atom is -0.484 e. The topological polar surface area (TPSA) is 123 Å². The molecule has 3 rings (SSSR count). The normalized spacial score (nSPS) is 22.4. The number of carbonyl (C=O) groups excluding carboxylic acids is 1. The van der Waals surface area contributed by atoms with Gasteiger partial charge >= 0.3 is 5.63 Å². The standard InChI is InChI=1S/C15H15NO7S/c17-12-8-24(20,21)7-11(12)16-14(18)6-22-10-3-1-9-2-4-15(19)23-13(9)5-10/h1-5,11-12,17H,6-8H2,(H,16,18). The molecule has 8 nitrogen and oxygen atoms in total. The number of ether oxygens (including phenoxy) is 1. The molecule has 0 aliphatic carbocycles. The smallest absolute Gasteiger partial charge is 0.336 e. The number of fused-ring (bicyclic) bond motifs is 1. The van der Waals surface area contributed by atoms with E-state index >= 15 is 0 Å². The molecule has 2 unspecified atom stereocenters. The van der Waals surface area contributed by atoms with Crippen LogP contribution in [0, 0.1) is 0 Å². The van der Waals surface area contributed by atoms with E-state index in [1.165, 1.54) is 12.1 Å². The van der Waals surface area contributed by atoms with Crippen LogP contribution in [0.3, 0.4) is 0 Å². The van der Waals surface area contributed by atoms with Gasteiger partial charge in [-0.05, 0) is 18.2 Å². The van der Waals surface area contributed by atoms with E-state index in [-0.39, 0.29) is 18.1 Å². The molecule has 0 spiro atoms. The lowest BCUT2D eigenvalue weighted by atomic mass is 10.2. The molecule has 2 heterocycles. The highest BCUT2D eigenvalue weighted by Gasteiger charge is 2.37. The van der Waals surface area contributed by atoms with Crippen molar-refractivity contribution in [3.05, 3.63) is 40.8 Å². The van der Waals surface area contributed by atoms with Crippen LogP contribution >= 0.6 is 0 Å². The van der Waals surface area contributed by atoms with Crippen molar-refractivity contribution in [3.63, 3.8) is 0 Å². The van der Waals surface area contributed by atoms with Crippen LogP contribution in [-0.2, 0) is 14.6 Å². The van der Waals surface area contributed by atoms with E-state index in [4.69, 9.17) is 9.15 Å². The molecule has 2 aromatic rings. The van der Waals surface area contributed by atoms with Gasteiger partial charge in [0.2, 0.25) is 0 Å². The van der Waals surface area contributed by atoms with E-state index in [1.807, 2.05) is 0 Å². The number of aliphatic hydroxyl groups is 1. The maximum Gasteiger partial charge on any atom is 0.336 e. The monoisotopic (exact) mass is 353 g/mol. The van der Waals surface area contributed by atoms with Crippen molar-refractivity contribution in [2.45, 2.75) is 12.1 Å². The molecule has 1 amide bonds. The third-order valence-corrected chi connectivity index (χ3v) is 5.35. The van der Waals surface area contributed by atoms with Crippen molar-refractivity contribution < 1.29 is 27.5 Å². The summed E-state index contributed by atoms with van der Waals surface area (Å²) in [4.78, 5) is 23.0. The van der Waals surface area contributed by atoms with Crippen molar-refractivity contribution in [3.8, 4) is 5.75 Å². The predicted molar refractivity (Wildman–Crippen MR) is 84.6 cm³/mol. The third kappa shape index (κ3) is 3.74. The Kier molecular flexibility index (Phi) is 4.29. The fourth-order valence-electron chi connectivity index (χ4n) is 2.49. The molecule has 24 heavy (non-hydrogen) atoms. The van der Waals surface area contributed by atoms with E-state index in [2.05, 4.69) is 5.32 Å². The number of hydrogen-bond acceptors (Lipinski definition) is 7. The van der Waals surface area contributed by atoms with Gasteiger partial charge in [0.25, 0.3) is 5.91 Å². The second-order valence-corrected chi connectivity index (χ2v) is 7.71. The SMILES string of the molecule is O=C(COc1ccc2ccc(=O)oc2c1)NC1CS(=O)(=O)CC1O. The Labute approximate surface area is 137 Å². The number of hydrogen-bond donors (Lipinski definition) is 2. The summed E-state index contributed by atoms with van der Waals surface area (Å²) in [6, 6.07) is 6.86. The average molecular weight is 353 g/mol. The Balaban J connectivity index is 1.61. The van der Waals surface area contributed by atoms with E-state index in [9.17, 15) is 23.1 Å². The zero-order chi connectivity index (χ0) is 17.3. The Morgan fingerprint density at radius 2 is 2.04 bits per heavy atom. The summed E-state index contributed by atoms with van der Waals surface area (Å²) in [6.07, 6.45) is -1.12. The van der Waals surface area contributed by atoms with Gasteiger partial charge in [-0.3, -0.25) is 4.79 Å². The van der Waals surface area contributed by atoms with Crippen molar-refractivity contribution in [1.82, 2.24) is 5.32 Å². The molecule has 0 saturated carbocycles. The van der Waals surface area contributed by atoms with Gasteiger partial charge < -0.3 is 19.6 Å². The maximum atomic E-state index is 11.8. The molecule has 2 atom stereocenters. The number of benzene rings is 1. The molecule has 1 saturated heterocycles.